The van der Waals surface area contributed by atoms with Crippen molar-refractivity contribution in [1.82, 2.24) is 0 Å². The number of benzene rings is 6. The van der Waals surface area contributed by atoms with Crippen LogP contribution in [0.3, 0.4) is 0 Å². The van der Waals surface area contributed by atoms with E-state index in [0.717, 1.165) is 21.5 Å². The largest absolute Gasteiger partial charge is 0.379 e. The van der Waals surface area contributed by atoms with Crippen LogP contribution in [0.4, 0.5) is 16.2 Å². The molecule has 11 heteroatoms. The van der Waals surface area contributed by atoms with Gasteiger partial charge in [-0.05, 0) is 70.1 Å². The van der Waals surface area contributed by atoms with Crippen molar-refractivity contribution in [2.45, 2.75) is 9.79 Å². The van der Waals surface area contributed by atoms with Gasteiger partial charge in [-0.25, -0.2) is 4.79 Å². The van der Waals surface area contributed by atoms with Crippen LogP contribution in [0.1, 0.15) is 0 Å². The van der Waals surface area contributed by atoms with Gasteiger partial charge in [-0.15, -0.1) is 0 Å². The molecule has 0 saturated heterocycles. The van der Waals surface area contributed by atoms with E-state index in [1.54, 1.807) is 24.3 Å². The lowest BCUT2D eigenvalue weighted by molar-refractivity contribution is 0.262. The van der Waals surface area contributed by atoms with Gasteiger partial charge in [0.15, 0.2) is 0 Å². The second-order valence-corrected chi connectivity index (χ2v) is 12.8. The van der Waals surface area contributed by atoms with Gasteiger partial charge in [0.1, 0.15) is 21.3 Å². The molecule has 0 unspecified atom stereocenters. The van der Waals surface area contributed by atoms with Gasteiger partial charge < -0.3 is 19.0 Å². The number of carbonyl (C=O) groups is 1. The Labute approximate surface area is 253 Å². The van der Waals surface area contributed by atoms with Gasteiger partial charge in [-0.3, -0.25) is 0 Å². The summed E-state index contributed by atoms with van der Waals surface area (Å²) in [6.45, 7) is 0. The zero-order valence-electron chi connectivity index (χ0n) is 22.9. The van der Waals surface area contributed by atoms with E-state index in [1.165, 1.54) is 60.7 Å². The molecular formula is C33H24N2O7S2. The normalized spacial score (nSPS) is 11.6. The van der Waals surface area contributed by atoms with Gasteiger partial charge in [0.05, 0.1) is 0 Å². The first-order chi connectivity index (χ1) is 21.1. The predicted molar refractivity (Wildman–Crippen MR) is 169 cm³/mol. The van der Waals surface area contributed by atoms with Crippen LogP contribution >= 0.6 is 0 Å². The molecule has 6 aromatic rings. The lowest BCUT2D eigenvalue weighted by Crippen LogP contribution is -2.19. The number of anilines is 2. The zero-order valence-corrected chi connectivity index (χ0v) is 24.5. The highest BCUT2D eigenvalue weighted by atomic mass is 32.2. The third-order valence-corrected chi connectivity index (χ3v) is 9.10. The molecule has 0 radical (unpaired) electrons. The molecule has 0 heterocycles. The number of rotatable bonds is 8. The molecule has 9 nitrogen and oxygen atoms in total. The molecule has 2 amide bonds. The van der Waals surface area contributed by atoms with E-state index in [-0.39, 0.29) is 32.7 Å². The number of fused-ring (bicyclic) bond motifs is 2. The van der Waals surface area contributed by atoms with Gasteiger partial charge in [0, 0.05) is 23.5 Å². The molecule has 2 N–H and O–H groups in total. The van der Waals surface area contributed by atoms with E-state index in [2.05, 4.69) is 10.6 Å². The summed E-state index contributed by atoms with van der Waals surface area (Å²) in [5, 5.41) is 8.51. The van der Waals surface area contributed by atoms with Crippen molar-refractivity contribution in [3.05, 3.63) is 133 Å². The third kappa shape index (κ3) is 6.48. The maximum atomic E-state index is 12.9. The predicted octanol–water partition coefficient (Wildman–Crippen LogP) is 7.17. The lowest BCUT2D eigenvalue weighted by atomic mass is 10.1. The van der Waals surface area contributed by atoms with E-state index in [9.17, 15) is 21.6 Å². The fourth-order valence-electron chi connectivity index (χ4n) is 4.54. The lowest BCUT2D eigenvalue weighted by Gasteiger charge is -2.12. The van der Waals surface area contributed by atoms with Gasteiger partial charge in [-0.2, -0.15) is 16.8 Å². The summed E-state index contributed by atoms with van der Waals surface area (Å²) >= 11 is 0. The molecule has 0 aliphatic rings. The first-order valence-electron chi connectivity index (χ1n) is 13.3. The minimum Gasteiger partial charge on any atom is -0.379 e. The topological polar surface area (TPSA) is 128 Å². The average molecular weight is 625 g/mol. The summed E-state index contributed by atoms with van der Waals surface area (Å²) < 4.78 is 62.3. The van der Waals surface area contributed by atoms with Gasteiger partial charge in [-0.1, -0.05) is 72.8 Å². The van der Waals surface area contributed by atoms with E-state index >= 15 is 0 Å². The Morgan fingerprint density at radius 1 is 0.455 bits per heavy atom. The summed E-state index contributed by atoms with van der Waals surface area (Å²) in [5.41, 5.74) is 0.528. The molecule has 0 aliphatic carbocycles. The first kappa shape index (κ1) is 28.7. The monoisotopic (exact) mass is 624 g/mol. The number of urea groups is 1. The van der Waals surface area contributed by atoms with E-state index in [0.29, 0.717) is 0 Å². The van der Waals surface area contributed by atoms with Crippen LogP contribution in [0.25, 0.3) is 21.5 Å². The highest BCUT2D eigenvalue weighted by Crippen LogP contribution is 2.27. The second-order valence-electron chi connectivity index (χ2n) is 9.73. The van der Waals surface area contributed by atoms with Crippen LogP contribution in [0.5, 0.6) is 11.5 Å². The van der Waals surface area contributed by atoms with Crippen LogP contribution in [0, 0.1) is 0 Å². The minimum atomic E-state index is -4.14. The van der Waals surface area contributed by atoms with Crippen LogP contribution < -0.4 is 19.0 Å². The Balaban J connectivity index is 1.11. The van der Waals surface area contributed by atoms with E-state index in [1.807, 2.05) is 48.5 Å². The van der Waals surface area contributed by atoms with Crippen molar-refractivity contribution in [3.8, 4) is 11.5 Å². The number of hydrogen-bond donors (Lipinski definition) is 2. The highest BCUT2D eigenvalue weighted by molar-refractivity contribution is 7.87. The van der Waals surface area contributed by atoms with Crippen molar-refractivity contribution in [2.75, 3.05) is 10.6 Å². The number of carbonyl (C=O) groups excluding carboxylic acids is 1. The summed E-state index contributed by atoms with van der Waals surface area (Å²) in [4.78, 5) is 12.7. The van der Waals surface area contributed by atoms with Crippen molar-refractivity contribution in [1.29, 1.82) is 0 Å². The standard InChI is InChI=1S/C33H24N2O7S2/c36-33(34-27-11-5-13-29(21-27)41-43(37,38)31-17-15-23-7-1-3-9-25(23)19-31)35-28-12-6-14-30(22-28)42-44(39,40)32-18-16-24-8-2-4-10-26(24)20-32/h1-22H,(H2,34,35,36). The van der Waals surface area contributed by atoms with Crippen molar-refractivity contribution in [3.63, 3.8) is 0 Å². The summed E-state index contributed by atoms with van der Waals surface area (Å²) in [6, 6.07) is 35.3. The van der Waals surface area contributed by atoms with Gasteiger partial charge >= 0.3 is 26.3 Å². The zero-order chi connectivity index (χ0) is 30.7. The van der Waals surface area contributed by atoms with E-state index in [4.69, 9.17) is 8.37 Å². The third-order valence-electron chi connectivity index (χ3n) is 6.61. The van der Waals surface area contributed by atoms with Crippen molar-refractivity contribution in [2.24, 2.45) is 0 Å². The second kappa shape index (κ2) is 11.7. The summed E-state index contributed by atoms with van der Waals surface area (Å²) in [6.07, 6.45) is 0. The molecule has 0 bridgehead atoms. The van der Waals surface area contributed by atoms with Crippen LogP contribution in [-0.4, -0.2) is 22.9 Å². The van der Waals surface area contributed by atoms with E-state index < -0.39 is 26.3 Å². The molecule has 0 atom stereocenters. The Morgan fingerprint density at radius 2 is 0.864 bits per heavy atom. The summed E-state index contributed by atoms with van der Waals surface area (Å²) in [5.74, 6) is 0.00973. The Bertz CT molecular complexity index is 2090. The smallest absolute Gasteiger partial charge is 0.339 e. The number of hydrogen-bond acceptors (Lipinski definition) is 7. The maximum Gasteiger partial charge on any atom is 0.339 e. The van der Waals surface area contributed by atoms with Crippen LogP contribution in [0.2, 0.25) is 0 Å². The Hall–Kier alpha value is -5.39. The Morgan fingerprint density at radius 3 is 1.30 bits per heavy atom. The van der Waals surface area contributed by atoms with Crippen molar-refractivity contribution >= 4 is 59.2 Å². The van der Waals surface area contributed by atoms with Crippen molar-refractivity contribution < 1.29 is 30.0 Å². The molecule has 0 spiro atoms. The Kier molecular flexibility index (Phi) is 7.64. The minimum absolute atomic E-state index is 0.00274. The molecule has 0 saturated carbocycles. The molecule has 6 aromatic carbocycles. The molecule has 220 valence electrons. The number of nitrogens with one attached hydrogen (secondary N) is 2. The maximum absolute atomic E-state index is 12.9. The molecule has 0 aliphatic heterocycles. The molecule has 0 fully saturated rings. The van der Waals surface area contributed by atoms with Crippen LogP contribution in [-0.2, 0) is 20.2 Å². The molecular weight excluding hydrogens is 601 g/mol. The molecule has 44 heavy (non-hydrogen) atoms. The fraction of sp³-hybridized carbons (Fsp3) is 0. The number of amides is 2. The average Bonchev–Trinajstić information content (AvgIpc) is 3.00. The highest BCUT2D eigenvalue weighted by Gasteiger charge is 2.19. The van der Waals surface area contributed by atoms with Crippen LogP contribution in [0.15, 0.2) is 143 Å². The fourth-order valence-corrected chi connectivity index (χ4v) is 6.46. The quantitative estimate of drug-likeness (QED) is 0.172. The molecule has 6 rings (SSSR count). The first-order valence-corrected chi connectivity index (χ1v) is 16.1. The van der Waals surface area contributed by atoms with Gasteiger partial charge in [0.2, 0.25) is 0 Å². The SMILES string of the molecule is O=C(Nc1cccc(OS(=O)(=O)c2ccc3ccccc3c2)c1)Nc1cccc(OS(=O)(=O)c2ccc3ccccc3c2)c1. The summed E-state index contributed by atoms with van der Waals surface area (Å²) in [7, 11) is -8.28. The van der Waals surface area contributed by atoms with Gasteiger partial charge in [0.25, 0.3) is 0 Å². The molecule has 0 aromatic heterocycles.